The van der Waals surface area contributed by atoms with Crippen LogP contribution in [0.3, 0.4) is 0 Å². The van der Waals surface area contributed by atoms with Gasteiger partial charge in [-0.25, -0.2) is 4.98 Å². The van der Waals surface area contributed by atoms with Crippen LogP contribution in [0.1, 0.15) is 0 Å². The Morgan fingerprint density at radius 3 is 1.64 bits per heavy atom. The maximum atomic E-state index is 15.0. The highest BCUT2D eigenvalue weighted by molar-refractivity contribution is 7.85. The molecule has 0 unspecified atom stereocenters. The predicted molar refractivity (Wildman–Crippen MR) is 174 cm³/mol. The Morgan fingerprint density at radius 2 is 0.976 bits per heavy atom. The smallest absolute Gasteiger partial charge is 0.220 e. The summed E-state index contributed by atoms with van der Waals surface area (Å²) in [5.41, 5.74) is 7.34. The number of aromatic nitrogens is 2. The van der Waals surface area contributed by atoms with Crippen LogP contribution in [0.5, 0.6) is 0 Å². The van der Waals surface area contributed by atoms with Gasteiger partial charge in [0, 0.05) is 32.7 Å². The monoisotopic (exact) mass is 559 g/mol. The van der Waals surface area contributed by atoms with Gasteiger partial charge in [-0.05, 0) is 48.5 Å². The second-order valence-electron chi connectivity index (χ2n) is 10.4. The molecule has 5 heteroatoms. The largest absolute Gasteiger partial charge is 0.309 e. The molecule has 2 heterocycles. The number of nitrogens with zero attached hydrogens (tertiary/aromatic N) is 3. The molecule has 6 aromatic carbocycles. The van der Waals surface area contributed by atoms with Crippen molar-refractivity contribution in [1.82, 2.24) is 9.55 Å². The number of fused-ring (bicyclic) bond motifs is 7. The number of hydrogen-bond acceptors (Lipinski definition) is 3. The van der Waals surface area contributed by atoms with E-state index in [1.807, 2.05) is 78.9 Å². The Morgan fingerprint density at radius 1 is 0.476 bits per heavy atom. The lowest BCUT2D eigenvalue weighted by molar-refractivity contribution is 0.592. The van der Waals surface area contributed by atoms with Crippen molar-refractivity contribution in [2.24, 2.45) is 0 Å². The lowest BCUT2D eigenvalue weighted by Gasteiger charge is -2.25. The van der Waals surface area contributed by atoms with E-state index in [2.05, 4.69) is 88.3 Å². The summed E-state index contributed by atoms with van der Waals surface area (Å²) < 4.78 is 17.2. The molecule has 0 amide bonds. The predicted octanol–water partition coefficient (Wildman–Crippen LogP) is 8.12. The quantitative estimate of drug-likeness (QED) is 0.205. The van der Waals surface area contributed by atoms with Crippen molar-refractivity contribution in [3.63, 3.8) is 0 Å². The Labute approximate surface area is 244 Å². The molecule has 0 saturated carbocycles. The number of para-hydroxylation sites is 4. The molecule has 200 valence electrons. The zero-order chi connectivity index (χ0) is 28.1. The maximum Gasteiger partial charge on any atom is 0.220 e. The lowest BCUT2D eigenvalue weighted by Crippen LogP contribution is -2.25. The molecule has 1 aliphatic rings. The van der Waals surface area contributed by atoms with Crippen LogP contribution < -0.4 is 20.8 Å². The summed E-state index contributed by atoms with van der Waals surface area (Å²) in [5, 5.41) is 2.44. The molecule has 0 bridgehead atoms. The van der Waals surface area contributed by atoms with E-state index in [9.17, 15) is 4.57 Å². The van der Waals surface area contributed by atoms with Gasteiger partial charge in [0.1, 0.15) is 0 Å². The van der Waals surface area contributed by atoms with E-state index in [0.29, 0.717) is 0 Å². The third-order valence-corrected chi connectivity index (χ3v) is 11.1. The summed E-state index contributed by atoms with van der Waals surface area (Å²) in [6.07, 6.45) is 0. The van der Waals surface area contributed by atoms with E-state index in [0.717, 1.165) is 61.1 Å². The molecule has 0 spiro atoms. The molecular weight excluding hydrogens is 533 g/mol. The second-order valence-corrected chi connectivity index (χ2v) is 13.2. The fraction of sp³-hybridized carbons (Fsp3) is 0. The molecule has 4 nitrogen and oxygen atoms in total. The van der Waals surface area contributed by atoms with Crippen molar-refractivity contribution in [2.75, 3.05) is 4.90 Å². The van der Waals surface area contributed by atoms with Crippen LogP contribution >= 0.6 is 7.14 Å². The van der Waals surface area contributed by atoms with E-state index >= 15 is 0 Å². The first kappa shape index (κ1) is 24.6. The Hall–Kier alpha value is -5.18. The van der Waals surface area contributed by atoms with Crippen LogP contribution in [0.4, 0.5) is 17.3 Å². The summed E-state index contributed by atoms with van der Waals surface area (Å²) >= 11 is 0. The molecule has 8 rings (SSSR count). The highest BCUT2D eigenvalue weighted by Crippen LogP contribution is 2.48. The van der Waals surface area contributed by atoms with Crippen LogP contribution in [0, 0.1) is 0 Å². The first-order valence-corrected chi connectivity index (χ1v) is 15.7. The second kappa shape index (κ2) is 9.73. The number of rotatable bonds is 4. The van der Waals surface area contributed by atoms with Crippen molar-refractivity contribution in [2.45, 2.75) is 0 Å². The Bertz CT molecular complexity index is 2080. The zero-order valence-corrected chi connectivity index (χ0v) is 23.6. The van der Waals surface area contributed by atoms with Crippen molar-refractivity contribution in [3.8, 4) is 16.8 Å². The standard InChI is InChI=1S/C37H26N3OP/c41-42(28-13-3-1-4-14-28,29-15-5-2-6-16-29)30-25-23-27(24-26-30)39-34-20-10-7-17-31(34)32-18-8-11-21-35(32)40-36-22-12-9-19-33(36)38-37(39)40/h1-26H. The van der Waals surface area contributed by atoms with E-state index < -0.39 is 7.14 Å². The highest BCUT2D eigenvalue weighted by atomic mass is 31.2. The summed E-state index contributed by atoms with van der Waals surface area (Å²) in [7, 11) is -3.09. The molecule has 42 heavy (non-hydrogen) atoms. The van der Waals surface area contributed by atoms with Gasteiger partial charge in [0.2, 0.25) is 5.95 Å². The van der Waals surface area contributed by atoms with Crippen LogP contribution in [0.25, 0.3) is 27.8 Å². The number of anilines is 3. The minimum Gasteiger partial charge on any atom is -0.309 e. The average Bonchev–Trinajstić information content (AvgIpc) is 3.39. The van der Waals surface area contributed by atoms with E-state index in [-0.39, 0.29) is 0 Å². The molecule has 7 aromatic rings. The van der Waals surface area contributed by atoms with Crippen molar-refractivity contribution in [1.29, 1.82) is 0 Å². The average molecular weight is 560 g/mol. The molecular formula is C37H26N3OP. The minimum absolute atomic E-state index is 0.795. The number of imidazole rings is 1. The normalized spacial score (nSPS) is 12.3. The van der Waals surface area contributed by atoms with E-state index in [4.69, 9.17) is 4.98 Å². The highest BCUT2D eigenvalue weighted by Gasteiger charge is 2.32. The topological polar surface area (TPSA) is 38.1 Å². The minimum atomic E-state index is -3.09. The Kier molecular flexibility index (Phi) is 5.70. The maximum absolute atomic E-state index is 15.0. The molecule has 1 aliphatic heterocycles. The molecule has 0 fully saturated rings. The van der Waals surface area contributed by atoms with Crippen LogP contribution in [0.2, 0.25) is 0 Å². The summed E-state index contributed by atoms with van der Waals surface area (Å²) in [6.45, 7) is 0. The van der Waals surface area contributed by atoms with Gasteiger partial charge in [0.25, 0.3) is 0 Å². The summed E-state index contributed by atoms with van der Waals surface area (Å²) in [4.78, 5) is 7.39. The molecule has 0 N–H and O–H groups in total. The fourth-order valence-corrected chi connectivity index (χ4v) is 8.74. The van der Waals surface area contributed by atoms with Gasteiger partial charge in [-0.1, -0.05) is 109 Å². The fourth-order valence-electron chi connectivity index (χ4n) is 6.09. The summed E-state index contributed by atoms with van der Waals surface area (Å²) in [5.74, 6) is 0.815. The van der Waals surface area contributed by atoms with Crippen LogP contribution in [-0.2, 0) is 4.57 Å². The van der Waals surface area contributed by atoms with E-state index in [1.54, 1.807) is 0 Å². The third kappa shape index (κ3) is 3.69. The van der Waals surface area contributed by atoms with Gasteiger partial charge in [-0.3, -0.25) is 9.47 Å². The molecule has 1 aromatic heterocycles. The van der Waals surface area contributed by atoms with Gasteiger partial charge in [0.15, 0.2) is 7.14 Å². The zero-order valence-electron chi connectivity index (χ0n) is 22.7. The van der Waals surface area contributed by atoms with Gasteiger partial charge in [-0.2, -0.15) is 0 Å². The van der Waals surface area contributed by atoms with Gasteiger partial charge in [-0.15, -0.1) is 0 Å². The van der Waals surface area contributed by atoms with Crippen molar-refractivity contribution >= 4 is 51.4 Å². The van der Waals surface area contributed by atoms with Crippen LogP contribution in [-0.4, -0.2) is 9.55 Å². The van der Waals surface area contributed by atoms with Gasteiger partial charge < -0.3 is 4.57 Å². The first-order chi connectivity index (χ1) is 20.7. The molecule has 0 radical (unpaired) electrons. The molecule has 0 saturated heterocycles. The van der Waals surface area contributed by atoms with E-state index in [1.165, 1.54) is 0 Å². The van der Waals surface area contributed by atoms with Crippen LogP contribution in [0.15, 0.2) is 158 Å². The number of benzene rings is 6. The van der Waals surface area contributed by atoms with Crippen molar-refractivity contribution in [3.05, 3.63) is 158 Å². The SMILES string of the molecule is O=P(c1ccccc1)(c1ccccc1)c1ccc(N2c3ccccc3-c3ccccc3-n3c2nc2ccccc23)cc1. The Balaban J connectivity index is 1.35. The lowest BCUT2D eigenvalue weighted by atomic mass is 10.0. The number of hydrogen-bond donors (Lipinski definition) is 0. The molecule has 0 atom stereocenters. The summed E-state index contributed by atoms with van der Waals surface area (Å²) in [6, 6.07) is 53.0. The third-order valence-electron chi connectivity index (χ3n) is 8.03. The molecule has 0 aliphatic carbocycles. The van der Waals surface area contributed by atoms with Crippen molar-refractivity contribution < 1.29 is 4.57 Å². The van der Waals surface area contributed by atoms with Gasteiger partial charge in [0.05, 0.1) is 22.4 Å². The first-order valence-electron chi connectivity index (χ1n) is 14.0. The van der Waals surface area contributed by atoms with Gasteiger partial charge >= 0.3 is 0 Å².